The van der Waals surface area contributed by atoms with Gasteiger partial charge in [-0.15, -0.1) is 0 Å². The summed E-state index contributed by atoms with van der Waals surface area (Å²) in [4.78, 5) is 11.7. The number of ether oxygens (including phenoxy) is 2. The lowest BCUT2D eigenvalue weighted by atomic mass is 10.0. The Kier molecular flexibility index (Phi) is 5.96. The van der Waals surface area contributed by atoms with Gasteiger partial charge in [-0.3, -0.25) is 0 Å². The molecule has 0 aromatic heterocycles. The first-order valence-electron chi connectivity index (χ1n) is 6.77. The van der Waals surface area contributed by atoms with Crippen LogP contribution in [0.15, 0.2) is 18.2 Å². The zero-order valence-corrected chi connectivity index (χ0v) is 12.9. The second kappa shape index (κ2) is 7.26. The van der Waals surface area contributed by atoms with Crippen molar-refractivity contribution in [1.82, 2.24) is 5.32 Å². The molecule has 0 saturated heterocycles. The molecule has 1 aromatic carbocycles. The van der Waals surface area contributed by atoms with E-state index in [2.05, 4.69) is 5.32 Å². The summed E-state index contributed by atoms with van der Waals surface area (Å²) in [6.45, 7) is 5.54. The number of alkyl carbamates (subject to hydrolysis) is 1. The molecule has 0 spiro atoms. The van der Waals surface area contributed by atoms with Gasteiger partial charge < -0.3 is 20.5 Å². The van der Waals surface area contributed by atoms with Crippen molar-refractivity contribution in [3.8, 4) is 5.75 Å². The molecule has 0 radical (unpaired) electrons. The molecule has 0 saturated carbocycles. The predicted octanol–water partition coefficient (Wildman–Crippen LogP) is 2.23. The van der Waals surface area contributed by atoms with Crippen molar-refractivity contribution < 1.29 is 18.7 Å². The first-order chi connectivity index (χ1) is 9.75. The maximum Gasteiger partial charge on any atom is 0.407 e. The Bertz CT molecular complexity index is 486. The highest BCUT2D eigenvalue weighted by Gasteiger charge is 2.20. The number of hydrogen-bond donors (Lipinski definition) is 2. The number of carbonyl (C=O) groups is 1. The summed E-state index contributed by atoms with van der Waals surface area (Å²) in [5.74, 6) is 0.194. The fraction of sp³-hybridized carbons (Fsp3) is 0.533. The van der Waals surface area contributed by atoms with Crippen LogP contribution in [0, 0.1) is 5.82 Å². The number of nitrogens with two attached hydrogens (primary N) is 1. The third-order valence-electron chi connectivity index (χ3n) is 2.71. The molecular formula is C15H23FN2O3. The monoisotopic (exact) mass is 298 g/mol. The molecule has 118 valence electrons. The van der Waals surface area contributed by atoms with Crippen molar-refractivity contribution in [2.45, 2.75) is 38.8 Å². The number of benzene rings is 1. The second-order valence-corrected chi connectivity index (χ2v) is 5.74. The molecule has 1 amide bonds. The van der Waals surface area contributed by atoms with Gasteiger partial charge in [-0.05, 0) is 51.0 Å². The van der Waals surface area contributed by atoms with Crippen LogP contribution in [0.4, 0.5) is 9.18 Å². The molecule has 0 bridgehead atoms. The highest BCUT2D eigenvalue weighted by molar-refractivity contribution is 5.68. The van der Waals surface area contributed by atoms with E-state index >= 15 is 0 Å². The van der Waals surface area contributed by atoms with Gasteiger partial charge in [0.2, 0.25) is 0 Å². The lowest BCUT2D eigenvalue weighted by Gasteiger charge is -2.23. The van der Waals surface area contributed by atoms with Crippen LogP contribution in [-0.4, -0.2) is 31.4 Å². The Morgan fingerprint density at radius 3 is 2.62 bits per heavy atom. The molecule has 0 aliphatic rings. The Morgan fingerprint density at radius 1 is 1.43 bits per heavy atom. The van der Waals surface area contributed by atoms with Gasteiger partial charge in [-0.2, -0.15) is 0 Å². The first-order valence-corrected chi connectivity index (χ1v) is 6.77. The van der Waals surface area contributed by atoms with Gasteiger partial charge in [0.15, 0.2) is 0 Å². The summed E-state index contributed by atoms with van der Waals surface area (Å²) in [5, 5.41) is 2.68. The Labute approximate surface area is 124 Å². The quantitative estimate of drug-likeness (QED) is 0.874. The highest BCUT2D eigenvalue weighted by Crippen LogP contribution is 2.21. The summed E-state index contributed by atoms with van der Waals surface area (Å²) < 4.78 is 23.7. The van der Waals surface area contributed by atoms with E-state index in [9.17, 15) is 9.18 Å². The fourth-order valence-corrected chi connectivity index (χ4v) is 1.84. The van der Waals surface area contributed by atoms with Crippen molar-refractivity contribution in [3.05, 3.63) is 29.6 Å². The Balaban J connectivity index is 2.74. The van der Waals surface area contributed by atoms with Crippen molar-refractivity contribution >= 4 is 6.09 Å². The van der Waals surface area contributed by atoms with Crippen LogP contribution in [0.5, 0.6) is 5.75 Å². The van der Waals surface area contributed by atoms with Crippen LogP contribution in [0.25, 0.3) is 0 Å². The van der Waals surface area contributed by atoms with Crippen LogP contribution >= 0.6 is 0 Å². The maximum absolute atomic E-state index is 13.3. The van der Waals surface area contributed by atoms with Gasteiger partial charge in [0.05, 0.1) is 7.11 Å². The fourth-order valence-electron chi connectivity index (χ4n) is 1.84. The van der Waals surface area contributed by atoms with Crippen LogP contribution < -0.4 is 15.8 Å². The van der Waals surface area contributed by atoms with Crippen LogP contribution in [0.3, 0.4) is 0 Å². The van der Waals surface area contributed by atoms with E-state index in [0.29, 0.717) is 17.7 Å². The van der Waals surface area contributed by atoms with Crippen molar-refractivity contribution in [2.24, 2.45) is 5.73 Å². The van der Waals surface area contributed by atoms with E-state index in [1.54, 1.807) is 26.8 Å². The molecule has 6 heteroatoms. The summed E-state index contributed by atoms with van der Waals surface area (Å²) in [7, 11) is 1.51. The molecule has 1 unspecified atom stereocenters. The SMILES string of the molecule is COc1ccc(F)cc1CC(CN)NC(=O)OC(C)(C)C. The lowest BCUT2D eigenvalue weighted by molar-refractivity contribution is 0.0505. The van der Waals surface area contributed by atoms with Gasteiger partial charge >= 0.3 is 6.09 Å². The van der Waals surface area contributed by atoms with Gasteiger partial charge in [0.25, 0.3) is 0 Å². The minimum absolute atomic E-state index is 0.207. The number of halogens is 1. The Morgan fingerprint density at radius 2 is 2.10 bits per heavy atom. The largest absolute Gasteiger partial charge is 0.496 e. The lowest BCUT2D eigenvalue weighted by Crippen LogP contribution is -2.44. The summed E-state index contributed by atoms with van der Waals surface area (Å²) >= 11 is 0. The molecule has 1 aromatic rings. The molecule has 0 fully saturated rings. The van der Waals surface area contributed by atoms with Gasteiger partial charge in [-0.1, -0.05) is 0 Å². The molecule has 3 N–H and O–H groups in total. The third-order valence-corrected chi connectivity index (χ3v) is 2.71. The van der Waals surface area contributed by atoms with E-state index in [1.807, 2.05) is 0 Å². The number of hydrogen-bond acceptors (Lipinski definition) is 4. The van der Waals surface area contributed by atoms with Crippen LogP contribution in [-0.2, 0) is 11.2 Å². The van der Waals surface area contributed by atoms with Crippen molar-refractivity contribution in [3.63, 3.8) is 0 Å². The Hall–Kier alpha value is -1.82. The van der Waals surface area contributed by atoms with E-state index in [0.717, 1.165) is 0 Å². The molecule has 0 heterocycles. The summed E-state index contributed by atoms with van der Waals surface area (Å²) in [5.41, 5.74) is 5.72. The van der Waals surface area contributed by atoms with Gasteiger partial charge in [0.1, 0.15) is 17.2 Å². The zero-order chi connectivity index (χ0) is 16.0. The van der Waals surface area contributed by atoms with Gasteiger partial charge in [0, 0.05) is 12.6 Å². The normalized spacial score (nSPS) is 12.7. The van der Waals surface area contributed by atoms with Crippen LogP contribution in [0.2, 0.25) is 0 Å². The molecule has 21 heavy (non-hydrogen) atoms. The number of amides is 1. The van der Waals surface area contributed by atoms with E-state index < -0.39 is 11.7 Å². The topological polar surface area (TPSA) is 73.6 Å². The molecule has 0 aliphatic carbocycles. The first kappa shape index (κ1) is 17.2. The minimum atomic E-state index is -0.584. The molecule has 1 rings (SSSR count). The minimum Gasteiger partial charge on any atom is -0.496 e. The summed E-state index contributed by atoms with van der Waals surface area (Å²) in [6.07, 6.45) is -0.190. The average Bonchev–Trinajstić information content (AvgIpc) is 2.36. The standard InChI is InChI=1S/C15H23FN2O3/c1-15(2,3)21-14(19)18-12(9-17)8-10-7-11(16)5-6-13(10)20-4/h5-7,12H,8-9,17H2,1-4H3,(H,18,19). The maximum atomic E-state index is 13.3. The number of carbonyl (C=O) groups excluding carboxylic acids is 1. The highest BCUT2D eigenvalue weighted by atomic mass is 19.1. The molecule has 5 nitrogen and oxygen atoms in total. The van der Waals surface area contributed by atoms with Crippen LogP contribution in [0.1, 0.15) is 26.3 Å². The van der Waals surface area contributed by atoms with Crippen molar-refractivity contribution in [1.29, 1.82) is 0 Å². The zero-order valence-electron chi connectivity index (χ0n) is 12.9. The molecule has 0 aliphatic heterocycles. The smallest absolute Gasteiger partial charge is 0.407 e. The second-order valence-electron chi connectivity index (χ2n) is 5.74. The molecule has 1 atom stereocenters. The van der Waals surface area contributed by atoms with E-state index in [4.69, 9.17) is 15.2 Å². The van der Waals surface area contributed by atoms with Gasteiger partial charge in [-0.25, -0.2) is 9.18 Å². The van der Waals surface area contributed by atoms with E-state index in [1.165, 1.54) is 19.2 Å². The molecular weight excluding hydrogens is 275 g/mol. The average molecular weight is 298 g/mol. The number of rotatable bonds is 5. The van der Waals surface area contributed by atoms with E-state index in [-0.39, 0.29) is 18.4 Å². The van der Waals surface area contributed by atoms with Crippen molar-refractivity contribution in [2.75, 3.05) is 13.7 Å². The number of nitrogens with one attached hydrogen (secondary N) is 1. The third kappa shape index (κ3) is 5.99. The predicted molar refractivity (Wildman–Crippen MR) is 78.9 cm³/mol. The number of methoxy groups -OCH3 is 1. The summed E-state index contributed by atoms with van der Waals surface area (Å²) in [6, 6.07) is 3.88.